The molecule has 0 unspecified atom stereocenters. The minimum absolute atomic E-state index is 0.0303. The van der Waals surface area contributed by atoms with Gasteiger partial charge in [0, 0.05) is 36.3 Å². The van der Waals surface area contributed by atoms with E-state index in [1.807, 2.05) is 78.7 Å². The minimum atomic E-state index is 0.0303. The maximum Gasteiger partial charge on any atom is 0.205 e. The molecule has 6 rings (SSSR count). The lowest BCUT2D eigenvalue weighted by Crippen LogP contribution is -2.07. The van der Waals surface area contributed by atoms with Gasteiger partial charge in [0.2, 0.25) is 5.78 Å². The fraction of sp³-hybridized carbons (Fsp3) is 0.0645. The zero-order valence-electron chi connectivity index (χ0n) is 19.9. The lowest BCUT2D eigenvalue weighted by atomic mass is 9.96. The second kappa shape index (κ2) is 9.73. The van der Waals surface area contributed by atoms with Crippen molar-refractivity contribution in [3.05, 3.63) is 136 Å². The number of hydrogen-bond donors (Lipinski definition) is 0. The van der Waals surface area contributed by atoms with E-state index < -0.39 is 0 Å². The van der Waals surface area contributed by atoms with Gasteiger partial charge in [-0.15, -0.1) is 11.3 Å². The van der Waals surface area contributed by atoms with Crippen LogP contribution in [-0.4, -0.2) is 19.9 Å². The van der Waals surface area contributed by atoms with Gasteiger partial charge < -0.3 is 9.13 Å². The van der Waals surface area contributed by atoms with Gasteiger partial charge in [-0.1, -0.05) is 60.7 Å². The Labute approximate surface area is 218 Å². The number of aromatic nitrogens is 3. The fourth-order valence-corrected chi connectivity index (χ4v) is 5.36. The summed E-state index contributed by atoms with van der Waals surface area (Å²) in [4.78, 5) is 18.7. The van der Waals surface area contributed by atoms with Crippen LogP contribution in [-0.2, 0) is 13.1 Å². The molecule has 3 heterocycles. The smallest absolute Gasteiger partial charge is 0.205 e. The standard InChI is InChI=1S/C31H22N4OS/c32-15-22-10-12-23(13-11-22)17-35-21-33-16-25(35)18-34-19-28(29(20-34)31(36)30-9-4-14-37-30)27-8-3-6-24-5-1-2-7-26(24)27/h1-14,16,19-21H,17-18H2. The molecule has 0 spiro atoms. The molecule has 0 aliphatic rings. The zero-order valence-corrected chi connectivity index (χ0v) is 20.7. The predicted molar refractivity (Wildman–Crippen MR) is 147 cm³/mol. The molecule has 5 nitrogen and oxygen atoms in total. The summed E-state index contributed by atoms with van der Waals surface area (Å²) in [6.45, 7) is 1.23. The number of benzene rings is 3. The van der Waals surface area contributed by atoms with Crippen LogP contribution in [0.15, 0.2) is 109 Å². The number of nitrogens with zero attached hydrogens (tertiary/aromatic N) is 4. The molecule has 3 aromatic heterocycles. The summed E-state index contributed by atoms with van der Waals surface area (Å²) < 4.78 is 4.17. The summed E-state index contributed by atoms with van der Waals surface area (Å²) in [7, 11) is 0. The van der Waals surface area contributed by atoms with Gasteiger partial charge in [-0.3, -0.25) is 4.79 Å². The minimum Gasteiger partial charge on any atom is -0.347 e. The van der Waals surface area contributed by atoms with Gasteiger partial charge in [0.15, 0.2) is 0 Å². The van der Waals surface area contributed by atoms with Crippen molar-refractivity contribution in [2.75, 3.05) is 0 Å². The van der Waals surface area contributed by atoms with Crippen molar-refractivity contribution in [3.8, 4) is 17.2 Å². The maximum absolute atomic E-state index is 13.6. The van der Waals surface area contributed by atoms with Crippen LogP contribution in [0.4, 0.5) is 0 Å². The predicted octanol–water partition coefficient (Wildman–Crippen LogP) is 6.77. The number of carbonyl (C=O) groups excluding carboxylic acids is 1. The summed E-state index contributed by atoms with van der Waals surface area (Å²) in [5.41, 5.74) is 5.42. The van der Waals surface area contributed by atoms with Gasteiger partial charge in [0.1, 0.15) is 0 Å². The van der Waals surface area contributed by atoms with Crippen LogP contribution in [0, 0.1) is 11.3 Å². The van der Waals surface area contributed by atoms with Gasteiger partial charge in [-0.05, 0) is 45.5 Å². The van der Waals surface area contributed by atoms with Crippen molar-refractivity contribution in [2.45, 2.75) is 13.1 Å². The van der Waals surface area contributed by atoms with Gasteiger partial charge in [-0.25, -0.2) is 4.98 Å². The Kier molecular flexibility index (Phi) is 5.97. The van der Waals surface area contributed by atoms with Gasteiger partial charge in [0.25, 0.3) is 0 Å². The van der Waals surface area contributed by atoms with Crippen LogP contribution in [0.25, 0.3) is 21.9 Å². The highest BCUT2D eigenvalue weighted by atomic mass is 32.1. The van der Waals surface area contributed by atoms with Gasteiger partial charge >= 0.3 is 0 Å². The van der Waals surface area contributed by atoms with Crippen LogP contribution >= 0.6 is 11.3 Å². The van der Waals surface area contributed by atoms with Crippen molar-refractivity contribution in [3.63, 3.8) is 0 Å². The van der Waals surface area contributed by atoms with E-state index in [-0.39, 0.29) is 5.78 Å². The molecule has 0 atom stereocenters. The molecule has 0 N–H and O–H groups in total. The summed E-state index contributed by atoms with van der Waals surface area (Å²) in [5.74, 6) is 0.0303. The molecule has 0 bridgehead atoms. The Bertz CT molecular complexity index is 1750. The molecular weight excluding hydrogens is 476 g/mol. The largest absolute Gasteiger partial charge is 0.347 e. The third kappa shape index (κ3) is 4.49. The third-order valence-corrected chi connectivity index (χ3v) is 7.40. The highest BCUT2D eigenvalue weighted by Crippen LogP contribution is 2.33. The molecule has 178 valence electrons. The number of hydrogen-bond acceptors (Lipinski definition) is 4. The Morgan fingerprint density at radius 1 is 0.892 bits per heavy atom. The van der Waals surface area contributed by atoms with E-state index >= 15 is 0 Å². The fourth-order valence-electron chi connectivity index (χ4n) is 4.69. The SMILES string of the molecule is N#Cc1ccc(Cn2cncc2Cn2cc(C(=O)c3cccs3)c(-c3cccc4ccccc34)c2)cc1. The highest BCUT2D eigenvalue weighted by Gasteiger charge is 2.20. The monoisotopic (exact) mass is 498 g/mol. The van der Waals surface area contributed by atoms with E-state index in [2.05, 4.69) is 50.6 Å². The van der Waals surface area contributed by atoms with Crippen molar-refractivity contribution < 1.29 is 4.79 Å². The normalized spacial score (nSPS) is 11.0. The van der Waals surface area contributed by atoms with Crippen molar-refractivity contribution in [1.29, 1.82) is 5.26 Å². The van der Waals surface area contributed by atoms with Gasteiger partial charge in [-0.2, -0.15) is 5.26 Å². The number of carbonyl (C=O) groups is 1. The summed E-state index contributed by atoms with van der Waals surface area (Å²) in [6, 6.07) is 28.0. The molecule has 0 aliphatic carbocycles. The number of nitriles is 1. The lowest BCUT2D eigenvalue weighted by molar-refractivity contribution is 0.104. The molecule has 37 heavy (non-hydrogen) atoms. The van der Waals surface area contributed by atoms with E-state index in [0.29, 0.717) is 24.2 Å². The molecule has 0 fully saturated rings. The van der Waals surface area contributed by atoms with E-state index in [1.165, 1.54) is 11.3 Å². The first kappa shape index (κ1) is 22.7. The van der Waals surface area contributed by atoms with Crippen molar-refractivity contribution in [2.24, 2.45) is 0 Å². The number of thiophene rings is 1. The van der Waals surface area contributed by atoms with E-state index in [9.17, 15) is 4.79 Å². The van der Waals surface area contributed by atoms with E-state index in [0.717, 1.165) is 38.0 Å². The third-order valence-electron chi connectivity index (χ3n) is 6.53. The topological polar surface area (TPSA) is 63.6 Å². The Hall–Kier alpha value is -4.73. The molecule has 6 heteroatoms. The average molecular weight is 499 g/mol. The van der Waals surface area contributed by atoms with Crippen LogP contribution in [0.2, 0.25) is 0 Å². The lowest BCUT2D eigenvalue weighted by Gasteiger charge is -2.09. The molecule has 0 amide bonds. The Balaban J connectivity index is 1.38. The van der Waals surface area contributed by atoms with E-state index in [4.69, 9.17) is 5.26 Å². The van der Waals surface area contributed by atoms with Crippen LogP contribution in [0.1, 0.15) is 32.1 Å². The molecule has 0 aliphatic heterocycles. The number of fused-ring (bicyclic) bond motifs is 1. The quantitative estimate of drug-likeness (QED) is 0.228. The number of ketones is 1. The first-order chi connectivity index (χ1) is 18.2. The molecule has 6 aromatic rings. The highest BCUT2D eigenvalue weighted by molar-refractivity contribution is 7.12. The van der Waals surface area contributed by atoms with Crippen molar-refractivity contribution in [1.82, 2.24) is 14.1 Å². The molecule has 3 aromatic carbocycles. The second-order valence-corrected chi connectivity index (χ2v) is 9.86. The Morgan fingerprint density at radius 2 is 1.73 bits per heavy atom. The summed E-state index contributed by atoms with van der Waals surface area (Å²) in [5, 5.41) is 13.3. The molecule has 0 saturated heterocycles. The van der Waals surface area contributed by atoms with Crippen LogP contribution < -0.4 is 0 Å². The maximum atomic E-state index is 13.6. The number of rotatable bonds is 7. The summed E-state index contributed by atoms with van der Waals surface area (Å²) >= 11 is 1.46. The first-order valence-electron chi connectivity index (χ1n) is 11.9. The van der Waals surface area contributed by atoms with Crippen LogP contribution in [0.3, 0.4) is 0 Å². The summed E-state index contributed by atoms with van der Waals surface area (Å²) in [6.07, 6.45) is 7.71. The molecular formula is C31H22N4OS. The first-order valence-corrected chi connectivity index (χ1v) is 12.8. The molecule has 0 radical (unpaired) electrons. The van der Waals surface area contributed by atoms with Crippen LogP contribution in [0.5, 0.6) is 0 Å². The molecule has 0 saturated carbocycles. The number of imidazole rings is 1. The average Bonchev–Trinajstić information content (AvgIpc) is 3.71. The van der Waals surface area contributed by atoms with Crippen molar-refractivity contribution >= 4 is 27.9 Å². The Morgan fingerprint density at radius 3 is 2.54 bits per heavy atom. The van der Waals surface area contributed by atoms with E-state index in [1.54, 1.807) is 0 Å². The second-order valence-electron chi connectivity index (χ2n) is 8.91. The van der Waals surface area contributed by atoms with Gasteiger partial charge in [0.05, 0.1) is 35.1 Å². The zero-order chi connectivity index (χ0) is 25.2.